The van der Waals surface area contributed by atoms with Crippen molar-refractivity contribution in [3.63, 3.8) is 0 Å². The molecule has 0 spiro atoms. The van der Waals surface area contributed by atoms with Crippen molar-refractivity contribution in [2.45, 2.75) is 13.0 Å². The lowest BCUT2D eigenvalue weighted by Gasteiger charge is -2.15. The number of nitrogens with one attached hydrogen (secondary N) is 1. The summed E-state index contributed by atoms with van der Waals surface area (Å²) in [5, 5.41) is 13.1. The molecule has 0 bridgehead atoms. The molecule has 0 aliphatic carbocycles. The molecule has 1 N–H and O–H groups in total. The van der Waals surface area contributed by atoms with Crippen LogP contribution < -0.4 is 10.1 Å². The maximum absolute atomic E-state index is 12.3. The Labute approximate surface area is 148 Å². The van der Waals surface area contributed by atoms with Crippen molar-refractivity contribution in [3.8, 4) is 5.88 Å². The Bertz CT molecular complexity index is 897. The molecule has 0 saturated carbocycles. The second-order valence-electron chi connectivity index (χ2n) is 5.11. The molecule has 122 valence electrons. The molecule has 0 aliphatic heterocycles. The Morgan fingerprint density at radius 2 is 2.00 bits per heavy atom. The predicted octanol–water partition coefficient (Wildman–Crippen LogP) is 4.34. The van der Waals surface area contributed by atoms with Gasteiger partial charge in [0.05, 0.1) is 16.9 Å². The number of hydrogen-bond donors (Lipinski definition) is 1. The van der Waals surface area contributed by atoms with Crippen LogP contribution in [-0.4, -0.2) is 22.2 Å². The second-order valence-corrected chi connectivity index (χ2v) is 5.95. The van der Waals surface area contributed by atoms with Gasteiger partial charge in [0.15, 0.2) is 6.10 Å². The van der Waals surface area contributed by atoms with E-state index in [2.05, 4.69) is 15.5 Å². The van der Waals surface area contributed by atoms with E-state index < -0.39 is 6.10 Å². The molecule has 3 rings (SSSR count). The van der Waals surface area contributed by atoms with Crippen molar-refractivity contribution in [1.29, 1.82) is 0 Å². The minimum atomic E-state index is -0.781. The lowest BCUT2D eigenvalue weighted by molar-refractivity contribution is -0.122. The summed E-state index contributed by atoms with van der Waals surface area (Å²) in [6.07, 6.45) is 0.859. The lowest BCUT2D eigenvalue weighted by Crippen LogP contribution is -2.30. The molecular weight excluding hydrogens is 349 g/mol. The highest BCUT2D eigenvalue weighted by Gasteiger charge is 2.18. The molecule has 5 nitrogen and oxygen atoms in total. The van der Waals surface area contributed by atoms with E-state index in [1.165, 1.54) is 0 Å². The minimum Gasteiger partial charge on any atom is -0.463 e. The molecule has 1 unspecified atom stereocenters. The van der Waals surface area contributed by atoms with Crippen molar-refractivity contribution in [2.75, 3.05) is 5.32 Å². The number of amides is 1. The molecule has 3 aromatic rings. The van der Waals surface area contributed by atoms with Gasteiger partial charge in [-0.15, -0.1) is 5.10 Å². The third kappa shape index (κ3) is 3.58. The maximum Gasteiger partial charge on any atom is 0.265 e. The number of halogens is 2. The molecular formula is C17H13Cl2N3O2. The number of carbonyl (C=O) groups excluding carboxylic acids is 1. The molecule has 1 aromatic heterocycles. The number of ether oxygens (including phenoxy) is 1. The second kappa shape index (κ2) is 7.03. The van der Waals surface area contributed by atoms with E-state index in [1.54, 1.807) is 31.3 Å². The summed E-state index contributed by atoms with van der Waals surface area (Å²) in [4.78, 5) is 12.3. The highest BCUT2D eigenvalue weighted by Crippen LogP contribution is 2.26. The summed E-state index contributed by atoms with van der Waals surface area (Å²) in [5.41, 5.74) is 0.463. The van der Waals surface area contributed by atoms with Gasteiger partial charge in [0, 0.05) is 15.8 Å². The quantitative estimate of drug-likeness (QED) is 0.750. The molecule has 1 atom stereocenters. The minimum absolute atomic E-state index is 0.304. The van der Waals surface area contributed by atoms with Crippen LogP contribution in [0.5, 0.6) is 5.88 Å². The first-order valence-corrected chi connectivity index (χ1v) is 7.93. The van der Waals surface area contributed by atoms with Gasteiger partial charge in [0.1, 0.15) is 0 Å². The van der Waals surface area contributed by atoms with E-state index in [0.717, 1.165) is 10.8 Å². The zero-order valence-corrected chi connectivity index (χ0v) is 14.2. The number of carbonyl (C=O) groups is 1. The Hall–Kier alpha value is -2.37. The number of aromatic nitrogens is 2. The molecule has 2 aromatic carbocycles. The number of rotatable bonds is 4. The predicted molar refractivity (Wildman–Crippen MR) is 94.7 cm³/mol. The van der Waals surface area contributed by atoms with Crippen LogP contribution in [-0.2, 0) is 4.79 Å². The molecule has 0 aliphatic rings. The Morgan fingerprint density at radius 3 is 2.79 bits per heavy atom. The highest BCUT2D eigenvalue weighted by atomic mass is 35.5. The summed E-state index contributed by atoms with van der Waals surface area (Å²) >= 11 is 11.9. The van der Waals surface area contributed by atoms with Crippen LogP contribution in [0, 0.1) is 0 Å². The van der Waals surface area contributed by atoms with Gasteiger partial charge in [0.25, 0.3) is 5.91 Å². The first-order chi connectivity index (χ1) is 11.5. The van der Waals surface area contributed by atoms with Gasteiger partial charge in [-0.3, -0.25) is 4.79 Å². The SMILES string of the molecule is CC(Oc1nncc2ccccc12)C(=O)Nc1ccc(Cl)cc1Cl. The normalized spacial score (nSPS) is 12.0. The third-order valence-electron chi connectivity index (χ3n) is 3.38. The van der Waals surface area contributed by atoms with Crippen molar-refractivity contribution < 1.29 is 9.53 Å². The van der Waals surface area contributed by atoms with Gasteiger partial charge >= 0.3 is 0 Å². The van der Waals surface area contributed by atoms with Crippen LogP contribution in [0.15, 0.2) is 48.7 Å². The molecule has 1 heterocycles. The van der Waals surface area contributed by atoms with Gasteiger partial charge in [0.2, 0.25) is 5.88 Å². The van der Waals surface area contributed by atoms with Gasteiger partial charge in [-0.05, 0) is 31.2 Å². The summed E-state index contributed by atoms with van der Waals surface area (Å²) in [7, 11) is 0. The summed E-state index contributed by atoms with van der Waals surface area (Å²) in [6, 6.07) is 12.4. The molecule has 0 radical (unpaired) electrons. The number of anilines is 1. The van der Waals surface area contributed by atoms with E-state index in [9.17, 15) is 4.79 Å². The van der Waals surface area contributed by atoms with Crippen LogP contribution in [0.2, 0.25) is 10.0 Å². The fraction of sp³-hybridized carbons (Fsp3) is 0.118. The van der Waals surface area contributed by atoms with Crippen LogP contribution in [0.25, 0.3) is 10.8 Å². The van der Waals surface area contributed by atoms with Crippen molar-refractivity contribution in [2.24, 2.45) is 0 Å². The van der Waals surface area contributed by atoms with E-state index in [1.807, 2.05) is 24.3 Å². The zero-order valence-electron chi connectivity index (χ0n) is 12.7. The Morgan fingerprint density at radius 1 is 1.21 bits per heavy atom. The lowest BCUT2D eigenvalue weighted by atomic mass is 10.2. The topological polar surface area (TPSA) is 64.1 Å². The summed E-state index contributed by atoms with van der Waals surface area (Å²) < 4.78 is 5.67. The monoisotopic (exact) mass is 361 g/mol. The van der Waals surface area contributed by atoms with Gasteiger partial charge < -0.3 is 10.1 Å². The van der Waals surface area contributed by atoms with Crippen LogP contribution in [0.1, 0.15) is 6.92 Å². The summed E-state index contributed by atoms with van der Waals surface area (Å²) in [6.45, 7) is 1.63. The average Bonchev–Trinajstić information content (AvgIpc) is 2.57. The van der Waals surface area contributed by atoms with Crippen molar-refractivity contribution in [3.05, 3.63) is 58.7 Å². The number of benzene rings is 2. The van der Waals surface area contributed by atoms with Gasteiger partial charge in [-0.2, -0.15) is 5.10 Å². The average molecular weight is 362 g/mol. The first kappa shape index (κ1) is 16.5. The molecule has 0 saturated heterocycles. The maximum atomic E-state index is 12.3. The fourth-order valence-electron chi connectivity index (χ4n) is 2.13. The molecule has 0 fully saturated rings. The molecule has 24 heavy (non-hydrogen) atoms. The standard InChI is InChI=1S/C17H13Cl2N3O2/c1-10(16(23)21-15-7-6-12(18)8-14(15)19)24-17-13-5-3-2-4-11(13)9-20-22-17/h2-10H,1H3,(H,21,23). The Balaban J connectivity index is 1.76. The van der Waals surface area contributed by atoms with E-state index >= 15 is 0 Å². The highest BCUT2D eigenvalue weighted by molar-refractivity contribution is 6.36. The zero-order chi connectivity index (χ0) is 17.1. The number of nitrogens with zero attached hydrogens (tertiary/aromatic N) is 2. The fourth-order valence-corrected chi connectivity index (χ4v) is 2.59. The van der Waals surface area contributed by atoms with Crippen LogP contribution in [0.3, 0.4) is 0 Å². The third-order valence-corrected chi connectivity index (χ3v) is 3.93. The van der Waals surface area contributed by atoms with Gasteiger partial charge in [-0.25, -0.2) is 0 Å². The Kier molecular flexibility index (Phi) is 4.83. The van der Waals surface area contributed by atoms with E-state index in [4.69, 9.17) is 27.9 Å². The first-order valence-electron chi connectivity index (χ1n) is 7.17. The molecule has 7 heteroatoms. The van der Waals surface area contributed by atoms with Crippen LogP contribution in [0.4, 0.5) is 5.69 Å². The number of hydrogen-bond acceptors (Lipinski definition) is 4. The molecule has 1 amide bonds. The largest absolute Gasteiger partial charge is 0.463 e. The van der Waals surface area contributed by atoms with E-state index in [-0.39, 0.29) is 5.91 Å². The van der Waals surface area contributed by atoms with E-state index in [0.29, 0.717) is 21.6 Å². The number of fused-ring (bicyclic) bond motifs is 1. The van der Waals surface area contributed by atoms with Crippen molar-refractivity contribution >= 4 is 45.6 Å². The smallest absolute Gasteiger partial charge is 0.265 e. The summed E-state index contributed by atoms with van der Waals surface area (Å²) in [5.74, 6) is -0.0492. The van der Waals surface area contributed by atoms with Crippen LogP contribution >= 0.6 is 23.2 Å². The van der Waals surface area contributed by atoms with Gasteiger partial charge in [-0.1, -0.05) is 41.4 Å². The van der Waals surface area contributed by atoms with Crippen molar-refractivity contribution in [1.82, 2.24) is 10.2 Å².